The normalized spacial score (nSPS) is 12.4. The number of para-hydroxylation sites is 1. The molecular weight excluding hydrogens is 404 g/mol. The third-order valence-corrected chi connectivity index (χ3v) is 4.86. The zero-order valence-electron chi connectivity index (χ0n) is 16.8. The van der Waals surface area contributed by atoms with Gasteiger partial charge in [-0.05, 0) is 24.3 Å². The predicted octanol–water partition coefficient (Wildman–Crippen LogP) is 3.29. The number of anilines is 1. The molecule has 0 fully saturated rings. The van der Waals surface area contributed by atoms with Crippen LogP contribution < -0.4 is 20.1 Å². The molecule has 1 aliphatic heterocycles. The van der Waals surface area contributed by atoms with E-state index < -0.39 is 0 Å². The number of nitrogens with one attached hydrogen (secondary N) is 2. The second-order valence-corrected chi connectivity index (χ2v) is 6.77. The molecule has 158 valence electrons. The van der Waals surface area contributed by atoms with Gasteiger partial charge < -0.3 is 20.1 Å². The minimum absolute atomic E-state index is 0. The highest BCUT2D eigenvalue weighted by Crippen LogP contribution is 2.22. The molecule has 2 aromatic carbocycles. The lowest BCUT2D eigenvalue weighted by Gasteiger charge is -2.16. The quantitative estimate of drug-likeness (QED) is 0.603. The lowest BCUT2D eigenvalue weighted by atomic mass is 10.1. The first kappa shape index (κ1) is 21.7. The Kier molecular flexibility index (Phi) is 7.32. The summed E-state index contributed by atoms with van der Waals surface area (Å²) < 4.78 is 12.9. The maximum absolute atomic E-state index is 12.9. The Balaban J connectivity index is 0.00000256. The van der Waals surface area contributed by atoms with Gasteiger partial charge in [-0.1, -0.05) is 24.3 Å². The van der Waals surface area contributed by atoms with Crippen LogP contribution >= 0.6 is 12.4 Å². The molecule has 0 aliphatic carbocycles. The Morgan fingerprint density at radius 1 is 1.17 bits per heavy atom. The smallest absolute Gasteiger partial charge is 0.276 e. The largest absolute Gasteiger partial charge is 0.497 e. The fourth-order valence-corrected chi connectivity index (χ4v) is 3.44. The summed E-state index contributed by atoms with van der Waals surface area (Å²) in [6, 6.07) is 17.0. The molecule has 30 heavy (non-hydrogen) atoms. The molecule has 1 aromatic heterocycles. The number of halogens is 1. The molecule has 0 saturated heterocycles. The molecule has 1 aliphatic rings. The summed E-state index contributed by atoms with van der Waals surface area (Å²) >= 11 is 0. The van der Waals surface area contributed by atoms with Crippen LogP contribution in [-0.4, -0.2) is 35.9 Å². The number of nitrogens with zero attached hydrogens (tertiary/aromatic N) is 2. The molecule has 0 atom stereocenters. The number of hydrogen-bond acceptors (Lipinski definition) is 5. The van der Waals surface area contributed by atoms with Crippen molar-refractivity contribution >= 4 is 24.0 Å². The van der Waals surface area contributed by atoms with Crippen LogP contribution in [0.15, 0.2) is 54.6 Å². The summed E-state index contributed by atoms with van der Waals surface area (Å²) in [4.78, 5) is 12.9. The van der Waals surface area contributed by atoms with E-state index in [0.717, 1.165) is 30.0 Å². The van der Waals surface area contributed by atoms with E-state index in [1.165, 1.54) is 0 Å². The fraction of sp³-hybridized carbons (Fsp3) is 0.273. The molecule has 0 spiro atoms. The van der Waals surface area contributed by atoms with Crippen molar-refractivity contribution in [2.45, 2.75) is 19.5 Å². The van der Waals surface area contributed by atoms with E-state index in [9.17, 15) is 4.79 Å². The number of aromatic nitrogens is 2. The lowest BCUT2D eigenvalue weighted by molar-refractivity contribution is 0.102. The van der Waals surface area contributed by atoms with Crippen molar-refractivity contribution in [1.82, 2.24) is 15.1 Å². The summed E-state index contributed by atoms with van der Waals surface area (Å²) in [7, 11) is 1.60. The molecule has 8 heteroatoms. The number of benzene rings is 2. The third kappa shape index (κ3) is 4.93. The van der Waals surface area contributed by atoms with E-state index >= 15 is 0 Å². The molecule has 7 nitrogen and oxygen atoms in total. The average Bonchev–Trinajstić information content (AvgIpc) is 3.14. The first-order valence-corrected chi connectivity index (χ1v) is 9.67. The summed E-state index contributed by atoms with van der Waals surface area (Å²) in [5, 5.41) is 10.9. The third-order valence-electron chi connectivity index (χ3n) is 4.86. The minimum Gasteiger partial charge on any atom is -0.497 e. The first-order valence-electron chi connectivity index (χ1n) is 9.67. The number of fused-ring (bicyclic) bond motifs is 1. The number of carbonyl (C=O) groups is 1. The zero-order valence-corrected chi connectivity index (χ0v) is 17.6. The minimum atomic E-state index is -0.221. The molecule has 0 saturated carbocycles. The van der Waals surface area contributed by atoms with E-state index in [0.29, 0.717) is 36.8 Å². The van der Waals surface area contributed by atoms with Gasteiger partial charge in [-0.15, -0.1) is 12.4 Å². The van der Waals surface area contributed by atoms with Gasteiger partial charge in [0.2, 0.25) is 0 Å². The van der Waals surface area contributed by atoms with E-state index in [1.54, 1.807) is 13.2 Å². The van der Waals surface area contributed by atoms with Crippen LogP contribution in [0.5, 0.6) is 11.5 Å². The van der Waals surface area contributed by atoms with Gasteiger partial charge in [0.15, 0.2) is 5.69 Å². The van der Waals surface area contributed by atoms with Crippen molar-refractivity contribution in [2.24, 2.45) is 0 Å². The summed E-state index contributed by atoms with van der Waals surface area (Å²) in [6.07, 6.45) is 0.833. The van der Waals surface area contributed by atoms with Gasteiger partial charge in [0.1, 0.15) is 18.1 Å². The van der Waals surface area contributed by atoms with Crippen LogP contribution in [0.3, 0.4) is 0 Å². The van der Waals surface area contributed by atoms with Gasteiger partial charge in [-0.3, -0.25) is 9.48 Å². The van der Waals surface area contributed by atoms with Crippen molar-refractivity contribution in [3.8, 4) is 11.5 Å². The second kappa shape index (κ2) is 10.1. The van der Waals surface area contributed by atoms with Crippen molar-refractivity contribution in [2.75, 3.05) is 25.6 Å². The maximum atomic E-state index is 12.9. The van der Waals surface area contributed by atoms with Crippen LogP contribution in [0.2, 0.25) is 0 Å². The van der Waals surface area contributed by atoms with E-state index in [-0.39, 0.29) is 18.3 Å². The fourth-order valence-electron chi connectivity index (χ4n) is 3.44. The average molecular weight is 429 g/mol. The molecular formula is C22H25ClN4O3. The summed E-state index contributed by atoms with van der Waals surface area (Å²) in [5.41, 5.74) is 3.18. The number of carbonyl (C=O) groups excluding carboxylic acids is 1. The van der Waals surface area contributed by atoms with Crippen LogP contribution in [0.25, 0.3) is 0 Å². The van der Waals surface area contributed by atoms with Gasteiger partial charge >= 0.3 is 0 Å². The summed E-state index contributed by atoms with van der Waals surface area (Å²) in [5.74, 6) is 1.29. The van der Waals surface area contributed by atoms with Crippen molar-refractivity contribution in [3.63, 3.8) is 0 Å². The Bertz CT molecular complexity index is 991. The van der Waals surface area contributed by atoms with E-state index in [4.69, 9.17) is 9.47 Å². The Labute approximate surface area is 181 Å². The van der Waals surface area contributed by atoms with Crippen LogP contribution in [0.1, 0.15) is 21.7 Å². The molecule has 4 rings (SSSR count). The topological polar surface area (TPSA) is 77.4 Å². The van der Waals surface area contributed by atoms with Gasteiger partial charge in [0.25, 0.3) is 5.91 Å². The number of hydrogen-bond donors (Lipinski definition) is 2. The zero-order chi connectivity index (χ0) is 20.1. The van der Waals surface area contributed by atoms with Crippen molar-refractivity contribution < 1.29 is 14.3 Å². The Hall–Kier alpha value is -3.03. The van der Waals surface area contributed by atoms with Crippen molar-refractivity contribution in [3.05, 3.63) is 71.5 Å². The molecule has 3 aromatic rings. The number of ether oxygens (including phenoxy) is 2. The predicted molar refractivity (Wildman–Crippen MR) is 118 cm³/mol. The highest BCUT2D eigenvalue weighted by atomic mass is 35.5. The second-order valence-electron chi connectivity index (χ2n) is 6.77. The standard InChI is InChI=1S/C22H24N4O3.ClH/c1-28-18-9-5-6-16(14-18)24-22(27)21-19-15-23-11-10-20(19)26(25-21)12-13-29-17-7-3-2-4-8-17;/h2-9,14,23H,10-13,15H2,1H3,(H,24,27);1H. The molecule has 0 unspecified atom stereocenters. The van der Waals surface area contributed by atoms with E-state index in [1.807, 2.05) is 53.2 Å². The van der Waals surface area contributed by atoms with Crippen LogP contribution in [0.4, 0.5) is 5.69 Å². The molecule has 0 bridgehead atoms. The summed E-state index contributed by atoms with van der Waals surface area (Å²) in [6.45, 7) is 2.58. The maximum Gasteiger partial charge on any atom is 0.276 e. The highest BCUT2D eigenvalue weighted by Gasteiger charge is 2.25. The monoisotopic (exact) mass is 428 g/mol. The SMILES string of the molecule is COc1cccc(NC(=O)c2nn(CCOc3ccccc3)c3c2CNCC3)c1.Cl. The van der Waals surface area contributed by atoms with Gasteiger partial charge in [0, 0.05) is 42.5 Å². The highest BCUT2D eigenvalue weighted by molar-refractivity contribution is 6.04. The van der Waals surface area contributed by atoms with Crippen LogP contribution in [0, 0.1) is 0 Å². The number of rotatable bonds is 7. The lowest BCUT2D eigenvalue weighted by Crippen LogP contribution is -2.26. The molecule has 1 amide bonds. The molecule has 2 N–H and O–H groups in total. The van der Waals surface area contributed by atoms with Crippen molar-refractivity contribution in [1.29, 1.82) is 0 Å². The number of amides is 1. The van der Waals surface area contributed by atoms with Crippen LogP contribution in [-0.2, 0) is 19.5 Å². The van der Waals surface area contributed by atoms with E-state index in [2.05, 4.69) is 15.7 Å². The molecule has 0 radical (unpaired) electrons. The first-order chi connectivity index (χ1) is 14.2. The Morgan fingerprint density at radius 2 is 1.97 bits per heavy atom. The Morgan fingerprint density at radius 3 is 2.77 bits per heavy atom. The molecule has 2 heterocycles. The number of methoxy groups -OCH3 is 1. The van der Waals surface area contributed by atoms with Gasteiger partial charge in [0.05, 0.1) is 13.7 Å². The van der Waals surface area contributed by atoms with Gasteiger partial charge in [-0.2, -0.15) is 5.10 Å². The van der Waals surface area contributed by atoms with Gasteiger partial charge in [-0.25, -0.2) is 0 Å².